The van der Waals surface area contributed by atoms with Crippen LogP contribution in [0.5, 0.6) is 0 Å². The second-order valence-electron chi connectivity index (χ2n) is 1.61. The molecule has 0 saturated carbocycles. The molecule has 0 aliphatic carbocycles. The van der Waals surface area contributed by atoms with Crippen LogP contribution in [0.4, 0.5) is 0 Å². The molecule has 0 spiro atoms. The molecule has 0 unspecified atom stereocenters. The summed E-state index contributed by atoms with van der Waals surface area (Å²) in [5.74, 6) is 0. The Morgan fingerprint density at radius 2 is 2.56 bits per heavy atom. The number of carbonyl (C=O) groups excluding carboxylic acids is 1. The van der Waals surface area contributed by atoms with Gasteiger partial charge in [-0.1, -0.05) is 22.6 Å². The standard InChI is InChI=1S/C6H5IOS/c7-2-5-1-6(3-8)9-4-5/h1,3-4H,2H2. The van der Waals surface area contributed by atoms with E-state index in [-0.39, 0.29) is 0 Å². The first kappa shape index (κ1) is 7.21. The molecule has 1 aromatic rings. The first-order valence-electron chi connectivity index (χ1n) is 2.45. The van der Waals surface area contributed by atoms with Crippen LogP contribution in [0, 0.1) is 0 Å². The van der Waals surface area contributed by atoms with Crippen molar-refractivity contribution in [1.82, 2.24) is 0 Å². The second kappa shape index (κ2) is 3.31. The summed E-state index contributed by atoms with van der Waals surface area (Å²) in [6.45, 7) is 0. The lowest BCUT2D eigenvalue weighted by Crippen LogP contribution is -1.68. The van der Waals surface area contributed by atoms with Crippen molar-refractivity contribution in [3.05, 3.63) is 21.9 Å². The summed E-state index contributed by atoms with van der Waals surface area (Å²) in [6, 6.07) is 1.92. The largest absolute Gasteiger partial charge is 0.297 e. The number of hydrogen-bond donors (Lipinski definition) is 0. The number of alkyl halides is 1. The molecule has 0 atom stereocenters. The van der Waals surface area contributed by atoms with Crippen LogP contribution in [-0.2, 0) is 4.43 Å². The van der Waals surface area contributed by atoms with Crippen molar-refractivity contribution in [3.8, 4) is 0 Å². The van der Waals surface area contributed by atoms with Gasteiger partial charge < -0.3 is 0 Å². The average Bonchev–Trinajstić information content (AvgIpc) is 2.34. The van der Waals surface area contributed by atoms with Crippen molar-refractivity contribution < 1.29 is 4.79 Å². The normalized spacial score (nSPS) is 9.44. The molecule has 0 aliphatic heterocycles. The van der Waals surface area contributed by atoms with Crippen LogP contribution in [0.25, 0.3) is 0 Å². The van der Waals surface area contributed by atoms with Gasteiger partial charge in [0.15, 0.2) is 6.29 Å². The predicted octanol–water partition coefficient (Wildman–Crippen LogP) is 2.50. The highest BCUT2D eigenvalue weighted by Crippen LogP contribution is 2.14. The van der Waals surface area contributed by atoms with E-state index in [1.165, 1.54) is 16.9 Å². The Kier molecular flexibility index (Phi) is 2.65. The highest BCUT2D eigenvalue weighted by molar-refractivity contribution is 14.1. The molecule has 3 heteroatoms. The van der Waals surface area contributed by atoms with E-state index < -0.39 is 0 Å². The molecule has 48 valence electrons. The quantitative estimate of drug-likeness (QED) is 0.449. The van der Waals surface area contributed by atoms with E-state index in [2.05, 4.69) is 22.6 Å². The average molecular weight is 252 g/mol. The summed E-state index contributed by atoms with van der Waals surface area (Å²) in [4.78, 5) is 11.0. The topological polar surface area (TPSA) is 17.1 Å². The zero-order chi connectivity index (χ0) is 6.69. The Labute approximate surface area is 71.2 Å². The van der Waals surface area contributed by atoms with E-state index in [9.17, 15) is 4.79 Å². The van der Waals surface area contributed by atoms with Crippen molar-refractivity contribution in [2.75, 3.05) is 0 Å². The first-order chi connectivity index (χ1) is 4.36. The smallest absolute Gasteiger partial charge is 0.160 e. The Hall–Kier alpha value is 0.1000. The number of aldehydes is 1. The first-order valence-corrected chi connectivity index (χ1v) is 4.86. The van der Waals surface area contributed by atoms with Gasteiger partial charge in [0, 0.05) is 4.43 Å². The summed E-state index contributed by atoms with van der Waals surface area (Å²) in [5, 5.41) is 2.01. The zero-order valence-electron chi connectivity index (χ0n) is 4.63. The number of carbonyl (C=O) groups is 1. The fourth-order valence-corrected chi connectivity index (χ4v) is 1.98. The molecule has 0 bridgehead atoms. The highest BCUT2D eigenvalue weighted by Gasteiger charge is 1.94. The van der Waals surface area contributed by atoms with Crippen LogP contribution >= 0.6 is 33.9 Å². The van der Waals surface area contributed by atoms with E-state index in [0.29, 0.717) is 0 Å². The minimum atomic E-state index is 0.821. The third kappa shape index (κ3) is 1.76. The van der Waals surface area contributed by atoms with Crippen molar-refractivity contribution in [1.29, 1.82) is 0 Å². The van der Waals surface area contributed by atoms with Gasteiger partial charge in [-0.05, 0) is 17.0 Å². The van der Waals surface area contributed by atoms with E-state index in [0.717, 1.165) is 15.6 Å². The molecule has 0 N–H and O–H groups in total. The Balaban J connectivity index is 2.86. The molecule has 0 fully saturated rings. The lowest BCUT2D eigenvalue weighted by atomic mass is 10.3. The fourth-order valence-electron chi connectivity index (χ4n) is 0.526. The van der Waals surface area contributed by atoms with E-state index in [1.807, 2.05) is 11.4 Å². The van der Waals surface area contributed by atoms with Gasteiger partial charge in [-0.25, -0.2) is 0 Å². The number of rotatable bonds is 2. The summed E-state index contributed by atoms with van der Waals surface area (Å²) in [7, 11) is 0. The van der Waals surface area contributed by atoms with Gasteiger partial charge in [-0.15, -0.1) is 11.3 Å². The lowest BCUT2D eigenvalue weighted by Gasteiger charge is -1.78. The van der Waals surface area contributed by atoms with Crippen LogP contribution in [0.1, 0.15) is 15.2 Å². The Morgan fingerprint density at radius 3 is 2.89 bits per heavy atom. The third-order valence-corrected chi connectivity index (χ3v) is 2.73. The van der Waals surface area contributed by atoms with Crippen molar-refractivity contribution in [2.24, 2.45) is 0 Å². The van der Waals surface area contributed by atoms with E-state index >= 15 is 0 Å². The zero-order valence-corrected chi connectivity index (χ0v) is 7.61. The molecule has 1 nitrogen and oxygen atoms in total. The fraction of sp³-hybridized carbons (Fsp3) is 0.167. The molecule has 1 aromatic heterocycles. The van der Waals surface area contributed by atoms with E-state index in [1.54, 1.807) is 0 Å². The second-order valence-corrected chi connectivity index (χ2v) is 3.31. The van der Waals surface area contributed by atoms with Gasteiger partial charge in [-0.3, -0.25) is 4.79 Å². The maximum Gasteiger partial charge on any atom is 0.160 e. The maximum absolute atomic E-state index is 10.1. The van der Waals surface area contributed by atoms with Crippen molar-refractivity contribution in [2.45, 2.75) is 4.43 Å². The SMILES string of the molecule is O=Cc1cc(CI)cs1. The van der Waals surface area contributed by atoms with Gasteiger partial charge in [-0.2, -0.15) is 0 Å². The molecule has 0 aliphatic rings. The summed E-state index contributed by atoms with van der Waals surface area (Å²) < 4.78 is 0.988. The van der Waals surface area contributed by atoms with Crippen LogP contribution < -0.4 is 0 Å². The highest BCUT2D eigenvalue weighted by atomic mass is 127. The predicted molar refractivity (Wildman–Crippen MR) is 47.4 cm³/mol. The molecule has 0 radical (unpaired) electrons. The van der Waals surface area contributed by atoms with Crippen molar-refractivity contribution >= 4 is 40.2 Å². The molecule has 0 saturated heterocycles. The van der Waals surface area contributed by atoms with Gasteiger partial charge in [0.05, 0.1) is 4.88 Å². The van der Waals surface area contributed by atoms with E-state index in [4.69, 9.17) is 0 Å². The minimum Gasteiger partial charge on any atom is -0.297 e. The number of halogens is 1. The molecule has 0 aromatic carbocycles. The summed E-state index contributed by atoms with van der Waals surface area (Å²) in [5.41, 5.74) is 1.24. The van der Waals surface area contributed by atoms with Crippen LogP contribution in [0.3, 0.4) is 0 Å². The van der Waals surface area contributed by atoms with Gasteiger partial charge >= 0.3 is 0 Å². The molecular weight excluding hydrogens is 247 g/mol. The van der Waals surface area contributed by atoms with Crippen LogP contribution in [0.2, 0.25) is 0 Å². The molecule has 1 heterocycles. The molecule has 1 rings (SSSR count). The lowest BCUT2D eigenvalue weighted by molar-refractivity contribution is 0.112. The maximum atomic E-state index is 10.1. The number of hydrogen-bond acceptors (Lipinski definition) is 2. The Morgan fingerprint density at radius 1 is 1.78 bits per heavy atom. The molecular formula is C6H5IOS. The Bertz CT molecular complexity index is 207. The van der Waals surface area contributed by atoms with Gasteiger partial charge in [0.1, 0.15) is 0 Å². The van der Waals surface area contributed by atoms with Crippen LogP contribution in [0.15, 0.2) is 11.4 Å². The summed E-state index contributed by atoms with van der Waals surface area (Å²) >= 11 is 3.77. The molecule has 9 heavy (non-hydrogen) atoms. The number of thiophene rings is 1. The van der Waals surface area contributed by atoms with Crippen LogP contribution in [-0.4, -0.2) is 6.29 Å². The summed E-state index contributed by atoms with van der Waals surface area (Å²) in [6.07, 6.45) is 0.889. The third-order valence-electron chi connectivity index (χ3n) is 0.944. The minimum absolute atomic E-state index is 0.821. The molecule has 0 amide bonds. The van der Waals surface area contributed by atoms with Gasteiger partial charge in [0.2, 0.25) is 0 Å². The van der Waals surface area contributed by atoms with Crippen molar-refractivity contribution in [3.63, 3.8) is 0 Å². The monoisotopic (exact) mass is 252 g/mol. The van der Waals surface area contributed by atoms with Gasteiger partial charge in [0.25, 0.3) is 0 Å².